The van der Waals surface area contributed by atoms with Gasteiger partial charge in [0.15, 0.2) is 6.20 Å². The average molecular weight is 446 g/mol. The molecule has 0 amide bonds. The fraction of sp³-hybridized carbons (Fsp3) is 0.200. The van der Waals surface area contributed by atoms with Crippen molar-refractivity contribution in [1.82, 2.24) is 19.6 Å². The summed E-state index contributed by atoms with van der Waals surface area (Å²) in [6, 6.07) is 10.8. The number of hydrogen-bond acceptors (Lipinski definition) is 6. The minimum atomic E-state index is -3.41. The molecule has 4 aromatic rings. The molecule has 0 radical (unpaired) electrons. The Kier molecular flexibility index (Phi) is 5.32. The van der Waals surface area contributed by atoms with Crippen molar-refractivity contribution >= 4 is 34.8 Å². The summed E-state index contributed by atoms with van der Waals surface area (Å²) < 4.78 is 30.7. The van der Waals surface area contributed by atoms with E-state index < -0.39 is 18.2 Å². The predicted octanol–water partition coefficient (Wildman–Crippen LogP) is 3.98. The van der Waals surface area contributed by atoms with E-state index >= 15 is 0 Å². The number of nitrogens with one attached hydrogen (secondary N) is 2. The second-order valence-electron chi connectivity index (χ2n) is 6.98. The highest BCUT2D eigenvalue weighted by atomic mass is 35.5. The fourth-order valence-corrected chi connectivity index (χ4v) is 3.19. The molecule has 1 aromatic carbocycles. The van der Waals surface area contributed by atoms with Gasteiger partial charge in [-0.2, -0.15) is 23.0 Å². The van der Waals surface area contributed by atoms with Crippen LogP contribution in [0.2, 0.25) is 5.02 Å². The van der Waals surface area contributed by atoms with Gasteiger partial charge >= 0.3 is 5.92 Å². The highest BCUT2D eigenvalue weighted by Crippen LogP contribution is 2.27. The Bertz CT molecular complexity index is 1260. The van der Waals surface area contributed by atoms with E-state index in [1.54, 1.807) is 25.1 Å². The molecule has 0 aliphatic carbocycles. The van der Waals surface area contributed by atoms with Crippen molar-refractivity contribution in [1.29, 1.82) is 0 Å². The van der Waals surface area contributed by atoms with E-state index in [1.807, 2.05) is 13.0 Å². The normalized spacial score (nSPS) is 11.6. The van der Waals surface area contributed by atoms with Crippen molar-refractivity contribution < 1.29 is 13.5 Å². The van der Waals surface area contributed by atoms with Crippen LogP contribution in [0.3, 0.4) is 0 Å². The highest BCUT2D eigenvalue weighted by Gasteiger charge is 2.39. The van der Waals surface area contributed by atoms with Crippen LogP contribution in [0.5, 0.6) is 0 Å². The first kappa shape index (κ1) is 20.7. The molecule has 4 rings (SSSR count). The van der Waals surface area contributed by atoms with Crippen LogP contribution in [-0.2, 0) is 5.92 Å². The van der Waals surface area contributed by atoms with Gasteiger partial charge in [0.2, 0.25) is 5.95 Å². The maximum atomic E-state index is 14.6. The summed E-state index contributed by atoms with van der Waals surface area (Å²) in [5, 5.41) is 22.3. The van der Waals surface area contributed by atoms with Crippen molar-refractivity contribution in [2.24, 2.45) is 0 Å². The topological polar surface area (TPSA) is 94.1 Å². The number of aromatic nitrogens is 5. The third-order valence-electron chi connectivity index (χ3n) is 4.58. The van der Waals surface area contributed by atoms with Gasteiger partial charge in [-0.25, -0.2) is 4.98 Å². The molecule has 0 spiro atoms. The van der Waals surface area contributed by atoms with E-state index in [9.17, 15) is 14.0 Å². The number of alkyl halides is 2. The average Bonchev–Trinajstić information content (AvgIpc) is 3.11. The smallest absolute Gasteiger partial charge is 0.347 e. The molecule has 0 aliphatic heterocycles. The van der Waals surface area contributed by atoms with E-state index in [0.717, 1.165) is 17.8 Å². The molecule has 3 aromatic heterocycles. The Labute approximate surface area is 181 Å². The second-order valence-corrected chi connectivity index (χ2v) is 7.42. The van der Waals surface area contributed by atoms with Crippen LogP contribution in [0.15, 0.2) is 48.7 Å². The molecular weight excluding hydrogens is 428 g/mol. The number of anilines is 3. The van der Waals surface area contributed by atoms with Gasteiger partial charge in [0.25, 0.3) is 11.5 Å². The lowest BCUT2D eigenvalue weighted by atomic mass is 10.2. The van der Waals surface area contributed by atoms with E-state index in [0.29, 0.717) is 16.4 Å². The lowest BCUT2D eigenvalue weighted by molar-refractivity contribution is -0.624. The van der Waals surface area contributed by atoms with Crippen molar-refractivity contribution in [3.63, 3.8) is 0 Å². The van der Waals surface area contributed by atoms with Crippen molar-refractivity contribution in [2.45, 2.75) is 19.8 Å². The van der Waals surface area contributed by atoms with Crippen LogP contribution in [0.25, 0.3) is 5.78 Å². The van der Waals surface area contributed by atoms with Crippen LogP contribution in [-0.4, -0.2) is 26.1 Å². The SMILES string of the molecule is Cc1cc(NCC(F)(F)c2cccc[n+]2[O-])n2nc(Nc3cc(Cl)ccc3C)nc2n1. The van der Waals surface area contributed by atoms with Gasteiger partial charge in [-0.1, -0.05) is 17.7 Å². The molecule has 0 saturated heterocycles. The number of pyridine rings is 1. The van der Waals surface area contributed by atoms with Gasteiger partial charge in [0, 0.05) is 34.6 Å². The van der Waals surface area contributed by atoms with Gasteiger partial charge in [-0.3, -0.25) is 0 Å². The van der Waals surface area contributed by atoms with Gasteiger partial charge < -0.3 is 15.8 Å². The lowest BCUT2D eigenvalue weighted by Crippen LogP contribution is -2.41. The minimum absolute atomic E-state index is 0.153. The van der Waals surface area contributed by atoms with Gasteiger partial charge in [-0.15, -0.1) is 5.10 Å². The Morgan fingerprint density at radius 3 is 2.74 bits per heavy atom. The summed E-state index contributed by atoms with van der Waals surface area (Å²) in [7, 11) is 0. The second kappa shape index (κ2) is 7.95. The third-order valence-corrected chi connectivity index (χ3v) is 4.81. The van der Waals surface area contributed by atoms with Gasteiger partial charge in [-0.05, 0) is 37.6 Å². The predicted molar refractivity (Wildman–Crippen MR) is 113 cm³/mol. The minimum Gasteiger partial charge on any atom is -0.618 e. The number of aryl methyl sites for hydroxylation is 2. The van der Waals surface area contributed by atoms with Crippen molar-refractivity contribution in [3.8, 4) is 0 Å². The Morgan fingerprint density at radius 1 is 1.16 bits per heavy atom. The van der Waals surface area contributed by atoms with Crippen LogP contribution in [0.1, 0.15) is 17.0 Å². The molecule has 8 nitrogen and oxygen atoms in total. The summed E-state index contributed by atoms with van der Waals surface area (Å²) in [6.07, 6.45) is 1.03. The number of fused-ring (bicyclic) bond motifs is 1. The van der Waals surface area contributed by atoms with E-state index in [-0.39, 0.29) is 22.3 Å². The molecule has 31 heavy (non-hydrogen) atoms. The third kappa shape index (κ3) is 4.33. The van der Waals surface area contributed by atoms with Crippen LogP contribution in [0, 0.1) is 19.1 Å². The van der Waals surface area contributed by atoms with E-state index in [2.05, 4.69) is 25.7 Å². The lowest BCUT2D eigenvalue weighted by Gasteiger charge is -2.17. The largest absolute Gasteiger partial charge is 0.618 e. The van der Waals surface area contributed by atoms with Crippen molar-refractivity contribution in [2.75, 3.05) is 17.2 Å². The van der Waals surface area contributed by atoms with Gasteiger partial charge in [0.1, 0.15) is 5.82 Å². The first-order valence-electron chi connectivity index (χ1n) is 9.31. The standard InChI is InChI=1S/C20H18ClF2N7O/c1-12-6-7-14(21)10-15(12)26-18-27-19-25-13(2)9-17(30(19)28-18)24-11-20(22,23)16-5-3-4-8-29(16)31/h3-10,24H,11H2,1-2H3,(H,26,28). The Hall–Kier alpha value is -3.53. The molecule has 11 heteroatoms. The fourth-order valence-electron chi connectivity index (χ4n) is 3.02. The van der Waals surface area contributed by atoms with Crippen LogP contribution in [0.4, 0.5) is 26.2 Å². The molecule has 0 aliphatic rings. The summed E-state index contributed by atoms with van der Waals surface area (Å²) >= 11 is 6.05. The number of nitrogens with zero attached hydrogens (tertiary/aromatic N) is 5. The Morgan fingerprint density at radius 2 is 1.97 bits per heavy atom. The first-order chi connectivity index (χ1) is 14.7. The Balaban J connectivity index is 1.62. The summed E-state index contributed by atoms with van der Waals surface area (Å²) in [5.41, 5.74) is 1.56. The number of halogens is 3. The summed E-state index contributed by atoms with van der Waals surface area (Å²) in [5.74, 6) is -2.68. The molecule has 160 valence electrons. The molecule has 0 unspecified atom stereocenters. The maximum Gasteiger partial charge on any atom is 0.347 e. The summed E-state index contributed by atoms with van der Waals surface area (Å²) in [6.45, 7) is 2.81. The molecule has 0 saturated carbocycles. The number of benzene rings is 1. The maximum absolute atomic E-state index is 14.6. The molecule has 0 bridgehead atoms. The van der Waals surface area contributed by atoms with Crippen LogP contribution >= 0.6 is 11.6 Å². The molecular formula is C20H18ClF2N7O. The zero-order valence-electron chi connectivity index (χ0n) is 16.6. The zero-order valence-corrected chi connectivity index (χ0v) is 17.4. The monoisotopic (exact) mass is 445 g/mol. The van der Waals surface area contributed by atoms with Crippen molar-refractivity contribution in [3.05, 3.63) is 75.8 Å². The number of rotatable bonds is 6. The quantitative estimate of drug-likeness (QED) is 0.344. The van der Waals surface area contributed by atoms with E-state index in [1.165, 1.54) is 16.6 Å². The summed E-state index contributed by atoms with van der Waals surface area (Å²) in [4.78, 5) is 8.62. The van der Waals surface area contributed by atoms with Crippen LogP contribution < -0.4 is 15.4 Å². The number of hydrogen-bond donors (Lipinski definition) is 2. The van der Waals surface area contributed by atoms with Gasteiger partial charge in [0.05, 0.1) is 6.54 Å². The first-order valence-corrected chi connectivity index (χ1v) is 9.69. The molecule has 3 heterocycles. The molecule has 0 atom stereocenters. The molecule has 0 fully saturated rings. The highest BCUT2D eigenvalue weighted by molar-refractivity contribution is 6.30. The zero-order chi connectivity index (χ0) is 22.2. The molecule has 2 N–H and O–H groups in total. The van der Waals surface area contributed by atoms with E-state index in [4.69, 9.17) is 11.6 Å².